The summed E-state index contributed by atoms with van der Waals surface area (Å²) in [6.45, 7) is 5.44. The van der Waals surface area contributed by atoms with E-state index in [0.717, 1.165) is 5.56 Å². The highest BCUT2D eigenvalue weighted by Crippen LogP contribution is 2.20. The second-order valence-corrected chi connectivity index (χ2v) is 6.88. The summed E-state index contributed by atoms with van der Waals surface area (Å²) in [4.78, 5) is 25.0. The lowest BCUT2D eigenvalue weighted by molar-refractivity contribution is -0.152. The molecule has 6 nitrogen and oxygen atoms in total. The Labute approximate surface area is 176 Å². The van der Waals surface area contributed by atoms with Crippen LogP contribution in [0.25, 0.3) is 0 Å². The predicted molar refractivity (Wildman–Crippen MR) is 117 cm³/mol. The van der Waals surface area contributed by atoms with Crippen molar-refractivity contribution in [3.8, 4) is 0 Å². The van der Waals surface area contributed by atoms with Gasteiger partial charge in [-0.25, -0.2) is 5.43 Å². The molecule has 0 aliphatic carbocycles. The van der Waals surface area contributed by atoms with Crippen LogP contribution in [0.4, 0.5) is 0 Å². The third-order valence-corrected chi connectivity index (χ3v) is 4.50. The number of ketones is 1. The Balaban J connectivity index is 0.00000225. The minimum Gasteiger partial charge on any atom is -0.364 e. The molecule has 2 aliphatic rings. The van der Waals surface area contributed by atoms with Gasteiger partial charge in [-0.3, -0.25) is 14.6 Å². The Morgan fingerprint density at radius 2 is 1.93 bits per heavy atom. The van der Waals surface area contributed by atoms with E-state index in [1.165, 1.54) is 5.01 Å². The second-order valence-electron chi connectivity index (χ2n) is 6.88. The SMILES string of the molecule is C.CC(C)C[C@H](OCc1ccccc1)C(=O)N1NC[C@H]2NCC(=O)[C@H]21.S.S. The number of hydrogen-bond donors (Lipinski definition) is 2. The molecule has 0 bridgehead atoms. The van der Waals surface area contributed by atoms with Crippen molar-refractivity contribution in [3.05, 3.63) is 35.9 Å². The summed E-state index contributed by atoms with van der Waals surface area (Å²) in [5.41, 5.74) is 4.09. The lowest BCUT2D eigenvalue weighted by Crippen LogP contribution is -2.51. The average molecular weight is 416 g/mol. The summed E-state index contributed by atoms with van der Waals surface area (Å²) in [7, 11) is 0. The number of carbonyl (C=O) groups excluding carboxylic acids is 2. The molecule has 0 spiro atoms. The van der Waals surface area contributed by atoms with Gasteiger partial charge in [0.15, 0.2) is 5.78 Å². The molecular formula is C19H33N3O3S2. The van der Waals surface area contributed by atoms with Crippen LogP contribution in [0.15, 0.2) is 30.3 Å². The maximum absolute atomic E-state index is 12.9. The average Bonchev–Trinajstić information content (AvgIpc) is 3.15. The normalized spacial score (nSPS) is 21.7. The lowest BCUT2D eigenvalue weighted by Gasteiger charge is -2.27. The van der Waals surface area contributed by atoms with E-state index < -0.39 is 12.1 Å². The summed E-state index contributed by atoms with van der Waals surface area (Å²) in [6.07, 6.45) is 0.0768. The van der Waals surface area contributed by atoms with Crippen LogP contribution in [-0.2, 0) is 20.9 Å². The molecule has 0 unspecified atom stereocenters. The fourth-order valence-electron chi connectivity index (χ4n) is 3.28. The lowest BCUT2D eigenvalue weighted by atomic mass is 10.0. The Morgan fingerprint density at radius 3 is 2.56 bits per heavy atom. The summed E-state index contributed by atoms with van der Waals surface area (Å²) in [6, 6.07) is 9.41. The molecule has 0 radical (unpaired) electrons. The first kappa shape index (κ1) is 25.9. The smallest absolute Gasteiger partial charge is 0.266 e. The van der Waals surface area contributed by atoms with E-state index in [1.54, 1.807) is 0 Å². The monoisotopic (exact) mass is 415 g/mol. The fourth-order valence-corrected chi connectivity index (χ4v) is 3.28. The highest BCUT2D eigenvalue weighted by atomic mass is 32.1. The Kier molecular flexibility index (Phi) is 11.2. The zero-order chi connectivity index (χ0) is 17.1. The summed E-state index contributed by atoms with van der Waals surface area (Å²) in [5, 5.41) is 4.64. The van der Waals surface area contributed by atoms with Crippen LogP contribution in [0.5, 0.6) is 0 Å². The number of rotatable bonds is 6. The summed E-state index contributed by atoms with van der Waals surface area (Å²) in [5.74, 6) is 0.236. The molecular weight excluding hydrogens is 382 g/mol. The number of hydrazine groups is 1. The van der Waals surface area contributed by atoms with Gasteiger partial charge in [0.05, 0.1) is 19.2 Å². The molecule has 1 aromatic carbocycles. The Hall–Kier alpha value is -1.06. The molecule has 1 amide bonds. The number of Topliss-reactive ketones (excluding diaryl/α,β-unsaturated/α-hetero) is 1. The molecule has 0 saturated carbocycles. The highest BCUT2D eigenvalue weighted by molar-refractivity contribution is 7.59. The molecule has 2 heterocycles. The predicted octanol–water partition coefficient (Wildman–Crippen LogP) is 1.74. The maximum Gasteiger partial charge on any atom is 0.266 e. The highest BCUT2D eigenvalue weighted by Gasteiger charge is 2.47. The molecule has 2 saturated heterocycles. The van der Waals surface area contributed by atoms with Crippen molar-refractivity contribution in [2.45, 2.75) is 52.5 Å². The second kappa shape index (κ2) is 11.7. The van der Waals surface area contributed by atoms with Gasteiger partial charge in [0.2, 0.25) is 0 Å². The van der Waals surface area contributed by atoms with Gasteiger partial charge in [-0.15, -0.1) is 0 Å². The van der Waals surface area contributed by atoms with E-state index in [9.17, 15) is 9.59 Å². The van der Waals surface area contributed by atoms with Crippen molar-refractivity contribution in [2.24, 2.45) is 5.92 Å². The van der Waals surface area contributed by atoms with Crippen LogP contribution in [-0.4, -0.2) is 48.0 Å². The molecule has 154 valence electrons. The zero-order valence-corrected chi connectivity index (χ0v) is 17.2. The molecule has 2 fully saturated rings. The van der Waals surface area contributed by atoms with Crippen LogP contribution in [0.1, 0.15) is 33.3 Å². The molecule has 3 atom stereocenters. The Bertz CT molecular complexity index is 601. The van der Waals surface area contributed by atoms with Crippen molar-refractivity contribution in [1.82, 2.24) is 15.8 Å². The van der Waals surface area contributed by atoms with E-state index in [-0.39, 0.29) is 52.2 Å². The van der Waals surface area contributed by atoms with Crippen LogP contribution >= 0.6 is 27.0 Å². The van der Waals surface area contributed by atoms with Gasteiger partial charge in [-0.05, 0) is 17.9 Å². The quantitative estimate of drug-likeness (QED) is 0.741. The fraction of sp³-hybridized carbons (Fsp3) is 0.579. The molecule has 27 heavy (non-hydrogen) atoms. The third-order valence-electron chi connectivity index (χ3n) is 4.50. The van der Waals surface area contributed by atoms with Gasteiger partial charge in [0, 0.05) is 6.54 Å². The number of hydrogen-bond acceptors (Lipinski definition) is 5. The molecule has 2 aliphatic heterocycles. The van der Waals surface area contributed by atoms with E-state index >= 15 is 0 Å². The first-order chi connectivity index (χ1) is 11.6. The maximum atomic E-state index is 12.9. The summed E-state index contributed by atoms with van der Waals surface area (Å²) < 4.78 is 5.93. The number of benzene rings is 1. The van der Waals surface area contributed by atoms with Crippen molar-refractivity contribution in [2.75, 3.05) is 13.1 Å². The van der Waals surface area contributed by atoms with Gasteiger partial charge in [0.25, 0.3) is 5.91 Å². The number of nitrogens with one attached hydrogen (secondary N) is 2. The molecule has 2 N–H and O–H groups in total. The van der Waals surface area contributed by atoms with Gasteiger partial charge in [-0.1, -0.05) is 51.6 Å². The topological polar surface area (TPSA) is 70.7 Å². The number of ether oxygens (including phenoxy) is 1. The van der Waals surface area contributed by atoms with Crippen molar-refractivity contribution in [1.29, 1.82) is 0 Å². The first-order valence-corrected chi connectivity index (χ1v) is 8.54. The molecule has 1 aromatic rings. The van der Waals surface area contributed by atoms with Gasteiger partial charge in [0.1, 0.15) is 12.1 Å². The van der Waals surface area contributed by atoms with E-state index in [0.29, 0.717) is 32.0 Å². The van der Waals surface area contributed by atoms with Gasteiger partial charge < -0.3 is 10.1 Å². The number of fused-ring (bicyclic) bond motifs is 1. The minimum atomic E-state index is -0.551. The third kappa shape index (κ3) is 6.22. The van der Waals surface area contributed by atoms with Gasteiger partial charge >= 0.3 is 0 Å². The van der Waals surface area contributed by atoms with Crippen molar-refractivity contribution in [3.63, 3.8) is 0 Å². The van der Waals surface area contributed by atoms with E-state index in [4.69, 9.17) is 4.74 Å². The van der Waals surface area contributed by atoms with Crippen LogP contribution < -0.4 is 10.7 Å². The first-order valence-electron chi connectivity index (χ1n) is 8.54. The van der Waals surface area contributed by atoms with Crippen LogP contribution in [0.3, 0.4) is 0 Å². The zero-order valence-electron chi connectivity index (χ0n) is 15.2. The van der Waals surface area contributed by atoms with Gasteiger partial charge in [-0.2, -0.15) is 27.0 Å². The number of nitrogens with zero attached hydrogens (tertiary/aromatic N) is 1. The summed E-state index contributed by atoms with van der Waals surface area (Å²) >= 11 is 0. The van der Waals surface area contributed by atoms with Crippen LogP contribution in [0.2, 0.25) is 0 Å². The molecule has 3 rings (SSSR count). The van der Waals surface area contributed by atoms with Crippen molar-refractivity contribution < 1.29 is 14.3 Å². The van der Waals surface area contributed by atoms with E-state index in [2.05, 4.69) is 24.6 Å². The van der Waals surface area contributed by atoms with Crippen LogP contribution in [0, 0.1) is 5.92 Å². The largest absolute Gasteiger partial charge is 0.364 e. The van der Waals surface area contributed by atoms with Crippen molar-refractivity contribution >= 4 is 38.7 Å². The molecule has 0 aromatic heterocycles. The Morgan fingerprint density at radius 1 is 1.26 bits per heavy atom. The number of carbonyl (C=O) groups is 2. The van der Waals surface area contributed by atoms with E-state index in [1.807, 2.05) is 30.3 Å². The number of amides is 1. The molecule has 8 heteroatoms. The standard InChI is InChI=1S/C18H25N3O3.CH4.2H2S/c1-12(2)8-16(24-11-13-6-4-3-5-7-13)18(23)21-17-14(9-20-21)19-10-15(17)22;;;/h3-7,12,14,16-17,19-20H,8-11H2,1-2H3;1H4;2*1H2/t14-,16+,17+;;;/m1.../s1. The minimum absolute atomic E-state index is 0.